The van der Waals surface area contributed by atoms with Gasteiger partial charge in [-0.3, -0.25) is 0 Å². The van der Waals surface area contributed by atoms with E-state index < -0.39 is 92.2 Å². The molecule has 10 unspecified atom stereocenters. The Bertz CT molecular complexity index is 577. The molecule has 2 heterocycles. The number of hydrogen-bond acceptors (Lipinski definition) is 14. The molecule has 1 aliphatic carbocycles. The summed E-state index contributed by atoms with van der Waals surface area (Å²) in [6, 6.07) is -2.68. The number of rotatable bonds is 6. The fourth-order valence-electron chi connectivity index (χ4n) is 4.16. The van der Waals surface area contributed by atoms with Crippen molar-refractivity contribution in [2.45, 2.75) is 92.1 Å². The van der Waals surface area contributed by atoms with Crippen molar-refractivity contribution in [2.75, 3.05) is 13.2 Å². The summed E-state index contributed by atoms with van der Waals surface area (Å²) in [5.41, 5.74) is 23.1. The average molecular weight is 454 g/mol. The summed E-state index contributed by atoms with van der Waals surface area (Å²) in [6.45, 7) is -0.703. The standard InChI is InChI=1S/C17H34N4O10/c18-2-6-11(25)12(26)8(21)16(28-6)30-14-7(3-22)29-17(13(14)27)31-15-9(23)4(19)1-5(20)10(15)24/h4-17,22-27H,1-3,18-21H2/t4?,5?,6?,7-,8?,9-,10?,11?,12?,13?,14?,15?,16-,17+/m1/s1. The van der Waals surface area contributed by atoms with E-state index in [1.807, 2.05) is 0 Å². The fraction of sp³-hybridized carbons (Fsp3) is 1.00. The van der Waals surface area contributed by atoms with E-state index in [2.05, 4.69) is 0 Å². The molecule has 14 heteroatoms. The molecular weight excluding hydrogens is 420 g/mol. The lowest BCUT2D eigenvalue weighted by molar-refractivity contribution is -0.280. The Morgan fingerprint density at radius 1 is 0.710 bits per heavy atom. The van der Waals surface area contributed by atoms with Gasteiger partial charge in [0.25, 0.3) is 0 Å². The minimum Gasteiger partial charge on any atom is -0.394 e. The van der Waals surface area contributed by atoms with Crippen LogP contribution in [0.4, 0.5) is 0 Å². The summed E-state index contributed by atoms with van der Waals surface area (Å²) in [6.07, 6.45) is -13.8. The Balaban J connectivity index is 1.70. The number of aliphatic hydroxyl groups excluding tert-OH is 6. The molecule has 182 valence electrons. The van der Waals surface area contributed by atoms with Crippen LogP contribution in [0.5, 0.6) is 0 Å². The van der Waals surface area contributed by atoms with Crippen LogP contribution in [0.1, 0.15) is 6.42 Å². The van der Waals surface area contributed by atoms with Crippen molar-refractivity contribution in [2.24, 2.45) is 22.9 Å². The van der Waals surface area contributed by atoms with Crippen LogP contribution in [-0.4, -0.2) is 129 Å². The molecule has 0 amide bonds. The molecule has 14 nitrogen and oxygen atoms in total. The van der Waals surface area contributed by atoms with Gasteiger partial charge in [0.2, 0.25) is 0 Å². The number of hydrogen-bond donors (Lipinski definition) is 10. The lowest BCUT2D eigenvalue weighted by Crippen LogP contribution is -2.64. The Hall–Kier alpha value is -0.560. The summed E-state index contributed by atoms with van der Waals surface area (Å²) >= 11 is 0. The molecule has 1 saturated carbocycles. The van der Waals surface area contributed by atoms with E-state index >= 15 is 0 Å². The van der Waals surface area contributed by atoms with Gasteiger partial charge in [-0.25, -0.2) is 0 Å². The minimum atomic E-state index is -1.50. The van der Waals surface area contributed by atoms with E-state index in [1.165, 1.54) is 0 Å². The maximum Gasteiger partial charge on any atom is 0.187 e. The second-order valence-electron chi connectivity index (χ2n) is 8.30. The zero-order valence-corrected chi connectivity index (χ0v) is 16.8. The van der Waals surface area contributed by atoms with Gasteiger partial charge in [0, 0.05) is 18.6 Å². The molecule has 2 aliphatic heterocycles. The number of ether oxygens (including phenoxy) is 4. The van der Waals surface area contributed by atoms with Gasteiger partial charge < -0.3 is 72.5 Å². The molecule has 0 aromatic heterocycles. The van der Waals surface area contributed by atoms with Gasteiger partial charge in [-0.05, 0) is 6.42 Å². The summed E-state index contributed by atoms with van der Waals surface area (Å²) in [5, 5.41) is 61.0. The van der Waals surface area contributed by atoms with Gasteiger partial charge in [-0.15, -0.1) is 0 Å². The largest absolute Gasteiger partial charge is 0.394 e. The van der Waals surface area contributed by atoms with Crippen LogP contribution in [0.15, 0.2) is 0 Å². The second-order valence-corrected chi connectivity index (χ2v) is 8.30. The van der Waals surface area contributed by atoms with Gasteiger partial charge in [-0.2, -0.15) is 0 Å². The Labute approximate surface area is 178 Å². The monoisotopic (exact) mass is 454 g/mol. The molecular formula is C17H34N4O10. The SMILES string of the molecule is NCC1O[C@H](OC2C(O)[C@H](OC3C(O)C(N)CC(N)[C@H]3O)O[C@@H]2CO)C(N)C(O)C1O. The van der Waals surface area contributed by atoms with Crippen LogP contribution < -0.4 is 22.9 Å². The maximum absolute atomic E-state index is 10.7. The zero-order chi connectivity index (χ0) is 23.0. The van der Waals surface area contributed by atoms with E-state index in [9.17, 15) is 30.6 Å². The van der Waals surface area contributed by atoms with Crippen LogP contribution in [0.25, 0.3) is 0 Å². The van der Waals surface area contributed by atoms with Crippen molar-refractivity contribution in [1.29, 1.82) is 0 Å². The quantitative estimate of drug-likeness (QED) is 0.179. The molecule has 0 aromatic carbocycles. The third-order valence-electron chi connectivity index (χ3n) is 6.13. The Morgan fingerprint density at radius 2 is 1.26 bits per heavy atom. The molecule has 14 N–H and O–H groups in total. The normalized spacial score (nSPS) is 53.6. The third-order valence-corrected chi connectivity index (χ3v) is 6.13. The Kier molecular flexibility index (Phi) is 8.21. The van der Waals surface area contributed by atoms with Crippen LogP contribution >= 0.6 is 0 Å². The number of aliphatic hydroxyl groups is 6. The zero-order valence-electron chi connectivity index (χ0n) is 16.8. The maximum atomic E-state index is 10.7. The summed E-state index contributed by atoms with van der Waals surface area (Å²) in [4.78, 5) is 0. The average Bonchev–Trinajstić information content (AvgIpc) is 3.04. The predicted octanol–water partition coefficient (Wildman–Crippen LogP) is -6.65. The minimum absolute atomic E-state index is 0.123. The van der Waals surface area contributed by atoms with Crippen molar-refractivity contribution in [3.63, 3.8) is 0 Å². The van der Waals surface area contributed by atoms with Crippen molar-refractivity contribution in [3.05, 3.63) is 0 Å². The first kappa shape index (κ1) is 25.1. The molecule has 0 aromatic rings. The highest BCUT2D eigenvalue weighted by Crippen LogP contribution is 2.32. The fourth-order valence-corrected chi connectivity index (χ4v) is 4.16. The smallest absolute Gasteiger partial charge is 0.187 e. The van der Waals surface area contributed by atoms with Crippen molar-refractivity contribution < 1.29 is 49.6 Å². The highest BCUT2D eigenvalue weighted by molar-refractivity contribution is 4.99. The second kappa shape index (κ2) is 10.1. The van der Waals surface area contributed by atoms with Crippen LogP contribution in [0.3, 0.4) is 0 Å². The summed E-state index contributed by atoms with van der Waals surface area (Å²) in [7, 11) is 0. The summed E-state index contributed by atoms with van der Waals surface area (Å²) in [5.74, 6) is 0. The highest BCUT2D eigenvalue weighted by Gasteiger charge is 2.52. The molecule has 31 heavy (non-hydrogen) atoms. The van der Waals surface area contributed by atoms with Crippen LogP contribution in [0.2, 0.25) is 0 Å². The molecule has 14 atom stereocenters. The van der Waals surface area contributed by atoms with E-state index in [1.54, 1.807) is 0 Å². The van der Waals surface area contributed by atoms with Gasteiger partial charge in [0.15, 0.2) is 12.6 Å². The highest BCUT2D eigenvalue weighted by atomic mass is 16.7. The first-order chi connectivity index (χ1) is 14.6. The van der Waals surface area contributed by atoms with Gasteiger partial charge in [0.05, 0.1) is 24.9 Å². The third kappa shape index (κ3) is 4.87. The molecule has 2 saturated heterocycles. The van der Waals surface area contributed by atoms with Crippen molar-refractivity contribution in [3.8, 4) is 0 Å². The van der Waals surface area contributed by atoms with Gasteiger partial charge in [0.1, 0.15) is 42.7 Å². The van der Waals surface area contributed by atoms with Crippen molar-refractivity contribution in [1.82, 2.24) is 0 Å². The van der Waals surface area contributed by atoms with E-state index in [0.29, 0.717) is 0 Å². The van der Waals surface area contributed by atoms with Gasteiger partial charge >= 0.3 is 0 Å². The molecule has 0 spiro atoms. The molecule has 0 radical (unpaired) electrons. The number of nitrogens with two attached hydrogens (primary N) is 4. The lowest BCUT2D eigenvalue weighted by Gasteiger charge is -2.42. The topological polar surface area (TPSA) is 262 Å². The lowest BCUT2D eigenvalue weighted by atomic mass is 9.84. The van der Waals surface area contributed by atoms with E-state index in [-0.39, 0.29) is 13.0 Å². The molecule has 3 aliphatic rings. The van der Waals surface area contributed by atoms with Crippen LogP contribution in [0, 0.1) is 0 Å². The van der Waals surface area contributed by atoms with E-state index in [4.69, 9.17) is 41.9 Å². The Morgan fingerprint density at radius 3 is 1.81 bits per heavy atom. The van der Waals surface area contributed by atoms with E-state index in [0.717, 1.165) is 0 Å². The first-order valence-corrected chi connectivity index (χ1v) is 10.2. The first-order valence-electron chi connectivity index (χ1n) is 10.2. The van der Waals surface area contributed by atoms with Gasteiger partial charge in [-0.1, -0.05) is 0 Å². The summed E-state index contributed by atoms with van der Waals surface area (Å²) < 4.78 is 22.3. The molecule has 3 fully saturated rings. The predicted molar refractivity (Wildman–Crippen MR) is 102 cm³/mol. The molecule has 3 rings (SSSR count). The van der Waals surface area contributed by atoms with Crippen molar-refractivity contribution >= 4 is 0 Å². The van der Waals surface area contributed by atoms with Crippen LogP contribution in [-0.2, 0) is 18.9 Å². The molecule has 0 bridgehead atoms.